The fourth-order valence-corrected chi connectivity index (χ4v) is 4.64. The average molecular weight is 494 g/mol. The molecular weight excluding hydrogens is 473 g/mol. The van der Waals surface area contributed by atoms with Crippen molar-refractivity contribution >= 4 is 28.4 Å². The number of aromatic amines is 1. The van der Waals surface area contributed by atoms with Crippen molar-refractivity contribution in [3.8, 4) is 5.69 Å². The van der Waals surface area contributed by atoms with Gasteiger partial charge >= 0.3 is 12.1 Å². The second-order valence-electron chi connectivity index (χ2n) is 9.30. The van der Waals surface area contributed by atoms with Crippen LogP contribution in [0.15, 0.2) is 67.1 Å². The first kappa shape index (κ1) is 23.4. The molecule has 0 bridgehead atoms. The van der Waals surface area contributed by atoms with E-state index in [1.54, 1.807) is 0 Å². The SMILES string of the molecule is CC1(C)CN(C(=O)c2ccc(-n3cc(C(F)(F)F)cn3)cc2)C=C(C(=O)O)c2[nH]c3ccccc3c21. The number of carboxylic acids is 1. The van der Waals surface area contributed by atoms with Gasteiger partial charge in [-0.3, -0.25) is 4.79 Å². The van der Waals surface area contributed by atoms with Crippen LogP contribution in [0.1, 0.15) is 41.0 Å². The van der Waals surface area contributed by atoms with E-state index in [2.05, 4.69) is 10.1 Å². The van der Waals surface area contributed by atoms with E-state index in [9.17, 15) is 27.9 Å². The third-order valence-corrected chi connectivity index (χ3v) is 6.28. The fraction of sp³-hybridized carbons (Fsp3) is 0.192. The van der Waals surface area contributed by atoms with Gasteiger partial charge in [-0.1, -0.05) is 32.0 Å². The van der Waals surface area contributed by atoms with Crippen molar-refractivity contribution in [1.29, 1.82) is 0 Å². The van der Waals surface area contributed by atoms with Gasteiger partial charge in [0, 0.05) is 40.8 Å². The van der Waals surface area contributed by atoms with Gasteiger partial charge < -0.3 is 15.0 Å². The molecule has 0 radical (unpaired) electrons. The molecule has 1 aliphatic heterocycles. The average Bonchev–Trinajstić information content (AvgIpc) is 3.44. The molecular formula is C26H21F3N4O3. The van der Waals surface area contributed by atoms with E-state index in [0.717, 1.165) is 33.5 Å². The van der Waals surface area contributed by atoms with Crippen LogP contribution < -0.4 is 0 Å². The van der Waals surface area contributed by atoms with Crippen LogP contribution in [0.25, 0.3) is 22.2 Å². The molecule has 0 unspecified atom stereocenters. The minimum absolute atomic E-state index is 0.0343. The molecule has 7 nitrogen and oxygen atoms in total. The number of alkyl halides is 3. The molecule has 4 aromatic rings. The fourth-order valence-electron chi connectivity index (χ4n) is 4.64. The Kier molecular flexibility index (Phi) is 5.27. The zero-order chi connectivity index (χ0) is 25.8. The van der Waals surface area contributed by atoms with Crippen LogP contribution in [0.4, 0.5) is 13.2 Å². The first-order valence-electron chi connectivity index (χ1n) is 11.1. The van der Waals surface area contributed by atoms with E-state index >= 15 is 0 Å². The molecule has 0 spiro atoms. The lowest BCUT2D eigenvalue weighted by molar-refractivity contribution is -0.137. The molecule has 0 saturated carbocycles. The molecule has 1 aliphatic rings. The Morgan fingerprint density at radius 1 is 1.08 bits per heavy atom. The smallest absolute Gasteiger partial charge is 0.419 e. The van der Waals surface area contributed by atoms with E-state index in [-0.39, 0.29) is 17.7 Å². The number of H-pyrrole nitrogens is 1. The highest BCUT2D eigenvalue weighted by Crippen LogP contribution is 2.40. The lowest BCUT2D eigenvalue weighted by atomic mass is 9.81. The number of amides is 1. The molecule has 2 aromatic carbocycles. The Hall–Kier alpha value is -4.34. The minimum Gasteiger partial charge on any atom is -0.478 e. The maximum atomic E-state index is 13.4. The zero-order valence-electron chi connectivity index (χ0n) is 19.3. The molecule has 0 atom stereocenters. The molecule has 5 rings (SSSR count). The third-order valence-electron chi connectivity index (χ3n) is 6.28. The highest BCUT2D eigenvalue weighted by molar-refractivity contribution is 6.17. The summed E-state index contributed by atoms with van der Waals surface area (Å²) in [5.74, 6) is -1.60. The van der Waals surface area contributed by atoms with Crippen molar-refractivity contribution in [2.24, 2.45) is 0 Å². The summed E-state index contributed by atoms with van der Waals surface area (Å²) in [6.45, 7) is 4.11. The van der Waals surface area contributed by atoms with E-state index in [4.69, 9.17) is 0 Å². The topological polar surface area (TPSA) is 91.2 Å². The highest BCUT2D eigenvalue weighted by Gasteiger charge is 2.37. The van der Waals surface area contributed by atoms with Crippen LogP contribution in [0.5, 0.6) is 0 Å². The summed E-state index contributed by atoms with van der Waals surface area (Å²) >= 11 is 0. The molecule has 0 fully saturated rings. The monoisotopic (exact) mass is 494 g/mol. The number of nitrogens with zero attached hydrogens (tertiary/aromatic N) is 3. The number of nitrogens with one attached hydrogen (secondary N) is 1. The Morgan fingerprint density at radius 3 is 2.42 bits per heavy atom. The molecule has 10 heteroatoms. The van der Waals surface area contributed by atoms with Crippen LogP contribution in [-0.2, 0) is 16.4 Å². The van der Waals surface area contributed by atoms with Crippen molar-refractivity contribution in [3.05, 3.63) is 89.5 Å². The Balaban J connectivity index is 1.50. The van der Waals surface area contributed by atoms with Crippen LogP contribution in [0.3, 0.4) is 0 Å². The maximum Gasteiger partial charge on any atom is 0.419 e. The maximum absolute atomic E-state index is 13.4. The van der Waals surface area contributed by atoms with Crippen molar-refractivity contribution < 1.29 is 27.9 Å². The van der Waals surface area contributed by atoms with Gasteiger partial charge in [-0.25, -0.2) is 9.48 Å². The molecule has 3 heterocycles. The van der Waals surface area contributed by atoms with E-state index in [0.29, 0.717) is 11.4 Å². The number of hydrogen-bond acceptors (Lipinski definition) is 3. The number of para-hydroxylation sites is 1. The predicted molar refractivity (Wildman–Crippen MR) is 127 cm³/mol. The minimum atomic E-state index is -4.51. The van der Waals surface area contributed by atoms with Crippen LogP contribution in [-0.4, -0.2) is 43.2 Å². The van der Waals surface area contributed by atoms with Crippen LogP contribution >= 0.6 is 0 Å². The quantitative estimate of drug-likeness (QED) is 0.408. The van der Waals surface area contributed by atoms with Gasteiger partial charge in [0.1, 0.15) is 0 Å². The number of aliphatic carboxylic acids is 1. The summed E-state index contributed by atoms with van der Waals surface area (Å²) in [5.41, 5.74) is 1.18. The number of carboxylic acid groups (broad SMARTS) is 1. The van der Waals surface area contributed by atoms with Crippen molar-refractivity contribution in [2.75, 3.05) is 6.54 Å². The van der Waals surface area contributed by atoms with E-state index in [1.807, 2.05) is 38.1 Å². The number of rotatable bonds is 3. The number of hydrogen-bond donors (Lipinski definition) is 2. The molecule has 184 valence electrons. The van der Waals surface area contributed by atoms with Gasteiger partial charge in [-0.15, -0.1) is 0 Å². The summed E-state index contributed by atoms with van der Waals surface area (Å²) in [6.07, 6.45) is -1.57. The number of fused-ring (bicyclic) bond motifs is 3. The van der Waals surface area contributed by atoms with E-state index in [1.165, 1.54) is 35.4 Å². The van der Waals surface area contributed by atoms with E-state index < -0.39 is 29.0 Å². The van der Waals surface area contributed by atoms with Gasteiger partial charge in [0.15, 0.2) is 0 Å². The number of benzene rings is 2. The molecule has 0 aliphatic carbocycles. The predicted octanol–water partition coefficient (Wildman–Crippen LogP) is 5.23. The van der Waals surface area contributed by atoms with Gasteiger partial charge in [0.2, 0.25) is 0 Å². The van der Waals surface area contributed by atoms with Crippen molar-refractivity contribution in [1.82, 2.24) is 19.7 Å². The van der Waals surface area contributed by atoms with Gasteiger partial charge in [0.25, 0.3) is 5.91 Å². The summed E-state index contributed by atoms with van der Waals surface area (Å²) < 4.78 is 39.7. The summed E-state index contributed by atoms with van der Waals surface area (Å²) in [5, 5.41) is 14.6. The molecule has 36 heavy (non-hydrogen) atoms. The number of aromatic nitrogens is 3. The van der Waals surface area contributed by atoms with Crippen LogP contribution in [0.2, 0.25) is 0 Å². The summed E-state index contributed by atoms with van der Waals surface area (Å²) in [7, 11) is 0. The largest absolute Gasteiger partial charge is 0.478 e. The summed E-state index contributed by atoms with van der Waals surface area (Å²) in [4.78, 5) is 30.2. The lowest BCUT2D eigenvalue weighted by Crippen LogP contribution is -2.36. The lowest BCUT2D eigenvalue weighted by Gasteiger charge is -2.29. The van der Waals surface area contributed by atoms with Gasteiger partial charge in [0.05, 0.1) is 28.7 Å². The Bertz CT molecular complexity index is 1530. The first-order valence-corrected chi connectivity index (χ1v) is 11.1. The van der Waals surface area contributed by atoms with Crippen molar-refractivity contribution in [2.45, 2.75) is 25.4 Å². The highest BCUT2D eigenvalue weighted by atomic mass is 19.4. The number of carbonyl (C=O) groups is 2. The molecule has 2 N–H and O–H groups in total. The molecule has 0 saturated heterocycles. The number of halogens is 3. The summed E-state index contributed by atoms with van der Waals surface area (Å²) in [6, 6.07) is 13.5. The number of carbonyl (C=O) groups excluding carboxylic acids is 1. The van der Waals surface area contributed by atoms with Crippen LogP contribution in [0, 0.1) is 0 Å². The Morgan fingerprint density at radius 2 is 1.78 bits per heavy atom. The Labute approximate surface area is 203 Å². The van der Waals surface area contributed by atoms with Crippen molar-refractivity contribution in [3.63, 3.8) is 0 Å². The molecule has 2 aromatic heterocycles. The van der Waals surface area contributed by atoms with Gasteiger partial charge in [-0.05, 0) is 35.9 Å². The second kappa shape index (κ2) is 8.11. The standard InChI is InChI=1S/C26H21F3N4O3/c1-25(2)14-32(13-19(24(35)36)22-21(25)18-5-3-4-6-20(18)31-22)23(34)15-7-9-17(10-8-15)33-12-16(11-30-33)26(27,28)29/h3-13,31H,14H2,1-2H3,(H,35,36). The normalized spacial score (nSPS) is 15.4. The third kappa shape index (κ3) is 3.94. The molecule has 1 amide bonds. The first-order chi connectivity index (χ1) is 17.0. The van der Waals surface area contributed by atoms with Gasteiger partial charge in [-0.2, -0.15) is 18.3 Å². The zero-order valence-corrected chi connectivity index (χ0v) is 19.3. The second-order valence-corrected chi connectivity index (χ2v) is 9.30.